The number of rotatable bonds is 5. The van der Waals surface area contributed by atoms with E-state index in [1.54, 1.807) is 17.0 Å². The summed E-state index contributed by atoms with van der Waals surface area (Å²) in [5, 5.41) is 2.74. The van der Waals surface area contributed by atoms with Crippen LogP contribution in [0.2, 0.25) is 0 Å². The van der Waals surface area contributed by atoms with Gasteiger partial charge in [-0.1, -0.05) is 30.0 Å². The minimum absolute atomic E-state index is 0.0879. The van der Waals surface area contributed by atoms with Gasteiger partial charge in [-0.15, -0.1) is 0 Å². The molecule has 2 aromatic rings. The van der Waals surface area contributed by atoms with Crippen molar-refractivity contribution >= 4 is 35.0 Å². The number of anilines is 2. The minimum Gasteiger partial charge on any atom is -0.326 e. The van der Waals surface area contributed by atoms with E-state index in [4.69, 9.17) is 0 Å². The Morgan fingerprint density at radius 2 is 1.80 bits per heavy atom. The number of amides is 2. The minimum atomic E-state index is -2.48. The Hall–Kier alpha value is -2.41. The van der Waals surface area contributed by atoms with E-state index in [0.717, 1.165) is 5.69 Å². The highest BCUT2D eigenvalue weighted by molar-refractivity contribution is 7.99. The highest BCUT2D eigenvalue weighted by Crippen LogP contribution is 2.28. The highest BCUT2D eigenvalue weighted by atomic mass is 32.2. The Bertz CT molecular complexity index is 753. The fourth-order valence-electron chi connectivity index (χ4n) is 2.70. The molecule has 2 aromatic carbocycles. The largest absolute Gasteiger partial charge is 0.326 e. The lowest BCUT2D eigenvalue weighted by Crippen LogP contribution is -2.28. The topological polar surface area (TPSA) is 49.4 Å². The maximum atomic E-state index is 12.4. The first kappa shape index (κ1) is 17.4. The summed E-state index contributed by atoms with van der Waals surface area (Å²) in [6, 6.07) is 15.4. The second-order valence-corrected chi connectivity index (χ2v) is 6.70. The lowest BCUT2D eigenvalue weighted by Gasteiger charge is -2.16. The summed E-state index contributed by atoms with van der Waals surface area (Å²) in [6.45, 7) is 0.327. The molecule has 0 saturated carbocycles. The smallest absolute Gasteiger partial charge is 0.288 e. The van der Waals surface area contributed by atoms with Gasteiger partial charge in [0.05, 0.1) is 5.92 Å². The van der Waals surface area contributed by atoms with Crippen molar-refractivity contribution in [3.63, 3.8) is 0 Å². The molecule has 0 aromatic heterocycles. The Labute approximate surface area is 148 Å². The molecule has 0 radical (unpaired) electrons. The third kappa shape index (κ3) is 4.36. The van der Waals surface area contributed by atoms with Crippen LogP contribution in [0.1, 0.15) is 6.42 Å². The third-order valence-electron chi connectivity index (χ3n) is 3.91. The van der Waals surface area contributed by atoms with Gasteiger partial charge in [-0.3, -0.25) is 9.59 Å². The Morgan fingerprint density at radius 3 is 2.44 bits per heavy atom. The van der Waals surface area contributed by atoms with Gasteiger partial charge < -0.3 is 10.2 Å². The maximum absolute atomic E-state index is 12.4. The number of alkyl halides is 2. The van der Waals surface area contributed by atoms with E-state index in [-0.39, 0.29) is 18.2 Å². The van der Waals surface area contributed by atoms with Crippen molar-refractivity contribution in [2.45, 2.75) is 17.1 Å². The van der Waals surface area contributed by atoms with Crippen LogP contribution in [0, 0.1) is 5.92 Å². The molecule has 1 atom stereocenters. The first-order chi connectivity index (χ1) is 12.0. The van der Waals surface area contributed by atoms with Crippen molar-refractivity contribution in [2.75, 3.05) is 16.8 Å². The molecular formula is C18H16F2N2O2S. The van der Waals surface area contributed by atoms with Gasteiger partial charge in [0.2, 0.25) is 11.8 Å². The number of benzene rings is 2. The first-order valence-corrected chi connectivity index (χ1v) is 8.62. The van der Waals surface area contributed by atoms with Gasteiger partial charge in [0.1, 0.15) is 0 Å². The number of halogens is 2. The van der Waals surface area contributed by atoms with E-state index in [0.29, 0.717) is 28.9 Å². The van der Waals surface area contributed by atoms with E-state index >= 15 is 0 Å². The molecule has 1 aliphatic heterocycles. The molecule has 0 bridgehead atoms. The zero-order valence-electron chi connectivity index (χ0n) is 13.2. The van der Waals surface area contributed by atoms with E-state index in [2.05, 4.69) is 5.32 Å². The number of hydrogen-bond acceptors (Lipinski definition) is 3. The second-order valence-electron chi connectivity index (χ2n) is 5.63. The quantitative estimate of drug-likeness (QED) is 0.818. The molecule has 1 fully saturated rings. The molecule has 1 aliphatic rings. The fraction of sp³-hybridized carbons (Fsp3) is 0.222. The molecule has 1 heterocycles. The summed E-state index contributed by atoms with van der Waals surface area (Å²) in [5.74, 6) is -3.26. The molecule has 1 saturated heterocycles. The van der Waals surface area contributed by atoms with Gasteiger partial charge in [0.15, 0.2) is 0 Å². The molecule has 1 N–H and O–H groups in total. The van der Waals surface area contributed by atoms with E-state index in [1.165, 1.54) is 12.1 Å². The monoisotopic (exact) mass is 362 g/mol. The molecule has 7 heteroatoms. The van der Waals surface area contributed by atoms with Gasteiger partial charge in [-0.25, -0.2) is 0 Å². The Balaban J connectivity index is 1.61. The second kappa shape index (κ2) is 7.65. The third-order valence-corrected chi connectivity index (χ3v) is 4.63. The Morgan fingerprint density at radius 1 is 1.12 bits per heavy atom. The van der Waals surface area contributed by atoms with Crippen LogP contribution in [-0.2, 0) is 9.59 Å². The Kier molecular flexibility index (Phi) is 5.33. The lowest BCUT2D eigenvalue weighted by molar-refractivity contribution is -0.122. The zero-order chi connectivity index (χ0) is 17.8. The van der Waals surface area contributed by atoms with Crippen molar-refractivity contribution in [2.24, 2.45) is 5.92 Å². The number of nitrogens with zero attached hydrogens (tertiary/aromatic N) is 1. The fourth-order valence-corrected chi connectivity index (χ4v) is 3.20. The number of carbonyl (C=O) groups is 2. The van der Waals surface area contributed by atoms with Gasteiger partial charge in [-0.2, -0.15) is 8.78 Å². The maximum Gasteiger partial charge on any atom is 0.288 e. The van der Waals surface area contributed by atoms with Crippen LogP contribution in [0.25, 0.3) is 0 Å². The van der Waals surface area contributed by atoms with Crippen LogP contribution in [0.3, 0.4) is 0 Å². The number of carbonyl (C=O) groups excluding carboxylic acids is 2. The van der Waals surface area contributed by atoms with Gasteiger partial charge in [0.25, 0.3) is 5.76 Å². The van der Waals surface area contributed by atoms with Crippen molar-refractivity contribution in [3.05, 3.63) is 54.6 Å². The predicted molar refractivity (Wildman–Crippen MR) is 93.8 cm³/mol. The van der Waals surface area contributed by atoms with E-state index in [9.17, 15) is 18.4 Å². The van der Waals surface area contributed by atoms with Gasteiger partial charge >= 0.3 is 0 Å². The SMILES string of the molecule is O=C(Nc1ccc(SC(F)F)cc1)C1CC(=O)N(c2ccccc2)C1. The summed E-state index contributed by atoms with van der Waals surface area (Å²) in [6.07, 6.45) is 0.153. The molecule has 25 heavy (non-hydrogen) atoms. The average molecular weight is 362 g/mol. The summed E-state index contributed by atoms with van der Waals surface area (Å²) in [7, 11) is 0. The van der Waals surface area contributed by atoms with Crippen molar-refractivity contribution < 1.29 is 18.4 Å². The van der Waals surface area contributed by atoms with Crippen molar-refractivity contribution in [3.8, 4) is 0 Å². The standard InChI is InChI=1S/C18H16F2N2O2S/c19-18(20)25-15-8-6-13(7-9-15)21-17(24)12-10-16(23)22(11-12)14-4-2-1-3-5-14/h1-9,12,18H,10-11H2,(H,21,24). The molecule has 4 nitrogen and oxygen atoms in total. The first-order valence-electron chi connectivity index (χ1n) is 7.74. The molecule has 0 spiro atoms. The lowest BCUT2D eigenvalue weighted by atomic mass is 10.1. The summed E-state index contributed by atoms with van der Waals surface area (Å²) in [4.78, 5) is 26.6. The highest BCUT2D eigenvalue weighted by Gasteiger charge is 2.35. The molecular weight excluding hydrogens is 346 g/mol. The van der Waals surface area contributed by atoms with Crippen LogP contribution in [0.15, 0.2) is 59.5 Å². The molecule has 0 aliphatic carbocycles. The van der Waals surface area contributed by atoms with E-state index < -0.39 is 11.7 Å². The predicted octanol–water partition coefficient (Wildman–Crippen LogP) is 3.99. The van der Waals surface area contributed by atoms with Crippen molar-refractivity contribution in [1.29, 1.82) is 0 Å². The summed E-state index contributed by atoms with van der Waals surface area (Å²) < 4.78 is 24.6. The van der Waals surface area contributed by atoms with Crippen LogP contribution >= 0.6 is 11.8 Å². The van der Waals surface area contributed by atoms with Crippen LogP contribution in [-0.4, -0.2) is 24.1 Å². The molecule has 130 valence electrons. The van der Waals surface area contributed by atoms with Crippen LogP contribution in [0.5, 0.6) is 0 Å². The molecule has 1 unspecified atom stereocenters. The number of hydrogen-bond donors (Lipinski definition) is 1. The molecule has 3 rings (SSSR count). The van der Waals surface area contributed by atoms with Crippen molar-refractivity contribution in [1.82, 2.24) is 0 Å². The number of thioether (sulfide) groups is 1. The van der Waals surface area contributed by atoms with Gasteiger partial charge in [0, 0.05) is 29.2 Å². The number of nitrogens with one attached hydrogen (secondary N) is 1. The van der Waals surface area contributed by atoms with Gasteiger partial charge in [-0.05, 0) is 36.4 Å². The summed E-state index contributed by atoms with van der Waals surface area (Å²) >= 11 is 0.452. The van der Waals surface area contributed by atoms with E-state index in [1.807, 2.05) is 30.3 Å². The van der Waals surface area contributed by atoms with Crippen LogP contribution in [0.4, 0.5) is 20.2 Å². The van der Waals surface area contributed by atoms with Crippen LogP contribution < -0.4 is 10.2 Å². The number of para-hydroxylation sites is 1. The summed E-state index contributed by atoms with van der Waals surface area (Å²) in [5.41, 5.74) is 1.30. The average Bonchev–Trinajstić information content (AvgIpc) is 2.99. The molecule has 2 amide bonds. The zero-order valence-corrected chi connectivity index (χ0v) is 14.0. The normalized spacial score (nSPS) is 17.2.